The molecule has 1 aromatic carbocycles. The molecule has 0 aromatic heterocycles. The van der Waals surface area contributed by atoms with Crippen molar-refractivity contribution in [2.24, 2.45) is 5.92 Å². The summed E-state index contributed by atoms with van der Waals surface area (Å²) in [6, 6.07) is 6.65. The number of hydrogen-bond acceptors (Lipinski definition) is 5. The van der Waals surface area contributed by atoms with Crippen molar-refractivity contribution >= 4 is 24.4 Å². The van der Waals surface area contributed by atoms with Gasteiger partial charge in [0.25, 0.3) is 11.8 Å². The highest BCUT2D eigenvalue weighted by Crippen LogP contribution is 2.61. The van der Waals surface area contributed by atoms with Crippen LogP contribution >= 0.6 is 0 Å². The van der Waals surface area contributed by atoms with Crippen LogP contribution in [0.15, 0.2) is 47.6 Å². The zero-order chi connectivity index (χ0) is 19.7. The smallest absolute Gasteiger partial charge is 0.423 e. The Kier molecular flexibility index (Phi) is 3.76. The predicted molar refractivity (Wildman–Crippen MR) is 102 cm³/mol. The van der Waals surface area contributed by atoms with E-state index in [2.05, 4.69) is 0 Å². The Bertz CT molecular complexity index is 923. The van der Waals surface area contributed by atoms with Crippen LogP contribution in [-0.2, 0) is 15.1 Å². The zero-order valence-electron chi connectivity index (χ0n) is 15.5. The molecule has 1 aromatic rings. The summed E-state index contributed by atoms with van der Waals surface area (Å²) in [7, 11) is -1.58. The third kappa shape index (κ3) is 2.40. The van der Waals surface area contributed by atoms with Crippen LogP contribution in [0.25, 0.3) is 0 Å². The Morgan fingerprint density at radius 2 is 1.71 bits per heavy atom. The number of amides is 2. The highest BCUT2D eigenvalue weighted by Gasteiger charge is 2.66. The molecule has 3 N–H and O–H groups in total. The monoisotopic (exact) mass is 379 g/mol. The van der Waals surface area contributed by atoms with E-state index in [1.807, 2.05) is 6.08 Å². The lowest BCUT2D eigenvalue weighted by Crippen LogP contribution is -2.65. The first kappa shape index (κ1) is 17.9. The maximum absolute atomic E-state index is 13.2. The van der Waals surface area contributed by atoms with E-state index in [4.69, 9.17) is 0 Å². The van der Waals surface area contributed by atoms with Gasteiger partial charge in [-0.15, -0.1) is 0 Å². The molecular formula is C21H22BNO5. The van der Waals surface area contributed by atoms with Crippen molar-refractivity contribution in [2.45, 2.75) is 49.7 Å². The fourth-order valence-electron chi connectivity index (χ4n) is 5.15. The van der Waals surface area contributed by atoms with Crippen molar-refractivity contribution < 1.29 is 24.7 Å². The minimum atomic E-state index is -1.58. The van der Waals surface area contributed by atoms with Crippen molar-refractivity contribution in [3.8, 4) is 0 Å². The van der Waals surface area contributed by atoms with Crippen LogP contribution in [0.1, 0.15) is 44.1 Å². The first-order valence-electron chi connectivity index (χ1n) is 9.83. The number of aliphatic hydroxyl groups is 1. The van der Waals surface area contributed by atoms with E-state index in [1.165, 1.54) is 4.90 Å². The van der Waals surface area contributed by atoms with Crippen LogP contribution in [0.2, 0.25) is 0 Å². The van der Waals surface area contributed by atoms with Crippen LogP contribution in [-0.4, -0.2) is 44.6 Å². The van der Waals surface area contributed by atoms with Gasteiger partial charge in [0.15, 0.2) is 0 Å². The van der Waals surface area contributed by atoms with Gasteiger partial charge in [0.1, 0.15) is 0 Å². The van der Waals surface area contributed by atoms with Gasteiger partial charge in [-0.2, -0.15) is 0 Å². The van der Waals surface area contributed by atoms with Gasteiger partial charge in [-0.3, -0.25) is 14.5 Å². The van der Waals surface area contributed by atoms with Gasteiger partial charge < -0.3 is 15.2 Å². The van der Waals surface area contributed by atoms with Crippen LogP contribution in [0.4, 0.5) is 0 Å². The summed E-state index contributed by atoms with van der Waals surface area (Å²) >= 11 is 0. The normalized spacial score (nSPS) is 31.9. The molecule has 2 amide bonds. The van der Waals surface area contributed by atoms with Crippen molar-refractivity contribution in [3.05, 3.63) is 53.1 Å². The molecule has 0 spiro atoms. The fraction of sp³-hybridized carbons (Fsp3) is 0.429. The molecule has 0 atom stereocenters. The molecule has 2 saturated carbocycles. The predicted octanol–water partition coefficient (Wildman–Crippen LogP) is 0.512. The fourth-order valence-corrected chi connectivity index (χ4v) is 5.15. The number of rotatable bonds is 4. The quantitative estimate of drug-likeness (QED) is 0.523. The van der Waals surface area contributed by atoms with Crippen LogP contribution in [0.5, 0.6) is 0 Å². The Morgan fingerprint density at radius 1 is 1.04 bits per heavy atom. The first-order chi connectivity index (χ1) is 13.4. The second-order valence-corrected chi connectivity index (χ2v) is 8.54. The number of carbonyl (C=O) groups is 2. The Morgan fingerprint density at radius 3 is 2.29 bits per heavy atom. The molecule has 144 valence electrons. The molecule has 0 saturated heterocycles. The summed E-state index contributed by atoms with van der Waals surface area (Å²) in [5.41, 5.74) is 0.378. The summed E-state index contributed by atoms with van der Waals surface area (Å²) in [6.45, 7) is 0. The lowest BCUT2D eigenvalue weighted by molar-refractivity contribution is -0.179. The van der Waals surface area contributed by atoms with E-state index in [9.17, 15) is 24.7 Å². The number of allylic oxidation sites excluding steroid dienone is 1. The highest BCUT2D eigenvalue weighted by atomic mass is 16.4. The van der Waals surface area contributed by atoms with Gasteiger partial charge in [0.05, 0.1) is 11.1 Å². The number of imide groups is 1. The van der Waals surface area contributed by atoms with E-state index in [1.54, 1.807) is 30.3 Å². The Hall–Kier alpha value is -2.22. The van der Waals surface area contributed by atoms with Crippen molar-refractivity contribution in [2.75, 3.05) is 0 Å². The van der Waals surface area contributed by atoms with Gasteiger partial charge >= 0.3 is 7.12 Å². The molecule has 1 heterocycles. The minimum Gasteiger partial charge on any atom is -0.423 e. The lowest BCUT2D eigenvalue weighted by Gasteiger charge is -2.57. The molecular weight excluding hydrogens is 357 g/mol. The maximum atomic E-state index is 13.2. The van der Waals surface area contributed by atoms with E-state index in [0.717, 1.165) is 24.8 Å². The third-order valence-electron chi connectivity index (χ3n) is 6.77. The summed E-state index contributed by atoms with van der Waals surface area (Å²) < 4.78 is 0. The standard InChI is InChI=1S/C21H22BNO5/c24-18-16-3-1-2-4-17(16)19(25)23(18)20(11-21(26,12-20)14-5-6-14)13-7-9-15(10-8-13)22(27)28/h1,3,7-10,14,26-28H,2,4-6,11-12H2. The SMILES string of the molecule is O=C1C2=C(CCC=C2)C(=O)N1C1(c2ccc(B(O)O)cc2)CC(O)(C2CC2)C1. The van der Waals surface area contributed by atoms with Crippen LogP contribution < -0.4 is 5.46 Å². The summed E-state index contributed by atoms with van der Waals surface area (Å²) in [4.78, 5) is 27.7. The molecule has 0 radical (unpaired) electrons. The van der Waals surface area contributed by atoms with Crippen LogP contribution in [0.3, 0.4) is 0 Å². The van der Waals surface area contributed by atoms with E-state index in [-0.39, 0.29) is 17.7 Å². The Labute approximate surface area is 163 Å². The molecule has 6 nitrogen and oxygen atoms in total. The topological polar surface area (TPSA) is 98.1 Å². The average Bonchev–Trinajstić information content (AvgIpc) is 3.48. The molecule has 28 heavy (non-hydrogen) atoms. The Balaban J connectivity index is 1.55. The third-order valence-corrected chi connectivity index (χ3v) is 6.77. The van der Waals surface area contributed by atoms with Crippen molar-refractivity contribution in [1.82, 2.24) is 4.90 Å². The van der Waals surface area contributed by atoms with Gasteiger partial charge in [-0.1, -0.05) is 36.4 Å². The zero-order valence-corrected chi connectivity index (χ0v) is 15.5. The number of nitrogens with zero attached hydrogens (tertiary/aromatic N) is 1. The lowest BCUT2D eigenvalue weighted by atomic mass is 9.58. The average molecular weight is 379 g/mol. The van der Waals surface area contributed by atoms with E-state index in [0.29, 0.717) is 35.9 Å². The highest BCUT2D eigenvalue weighted by molar-refractivity contribution is 6.58. The minimum absolute atomic E-state index is 0.231. The molecule has 0 unspecified atom stereocenters. The van der Waals surface area contributed by atoms with Gasteiger partial charge in [-0.05, 0) is 42.6 Å². The van der Waals surface area contributed by atoms with Crippen LogP contribution in [0, 0.1) is 5.92 Å². The summed E-state index contributed by atoms with van der Waals surface area (Å²) in [5.74, 6) is -0.317. The first-order valence-corrected chi connectivity index (χ1v) is 9.83. The maximum Gasteiger partial charge on any atom is 0.488 e. The molecule has 2 fully saturated rings. The second kappa shape index (κ2) is 5.89. The van der Waals surface area contributed by atoms with E-state index < -0.39 is 18.3 Å². The number of carbonyl (C=O) groups excluding carboxylic acids is 2. The number of hydrogen-bond donors (Lipinski definition) is 3. The van der Waals surface area contributed by atoms with Gasteiger partial charge in [0, 0.05) is 24.0 Å². The second-order valence-electron chi connectivity index (χ2n) is 8.54. The number of benzene rings is 1. The molecule has 1 aliphatic heterocycles. The molecule has 0 bridgehead atoms. The van der Waals surface area contributed by atoms with Crippen molar-refractivity contribution in [1.29, 1.82) is 0 Å². The van der Waals surface area contributed by atoms with Gasteiger partial charge in [-0.25, -0.2) is 0 Å². The molecule has 5 rings (SSSR count). The molecule has 3 aliphatic carbocycles. The van der Waals surface area contributed by atoms with E-state index >= 15 is 0 Å². The molecule has 7 heteroatoms. The summed E-state index contributed by atoms with van der Waals surface area (Å²) in [6.07, 6.45) is 7.56. The summed E-state index contributed by atoms with van der Waals surface area (Å²) in [5, 5.41) is 29.8. The van der Waals surface area contributed by atoms with Gasteiger partial charge in [0.2, 0.25) is 0 Å². The largest absolute Gasteiger partial charge is 0.488 e. The molecule has 4 aliphatic rings. The van der Waals surface area contributed by atoms with Crippen molar-refractivity contribution in [3.63, 3.8) is 0 Å².